The lowest BCUT2D eigenvalue weighted by atomic mass is 9.96. The summed E-state index contributed by atoms with van der Waals surface area (Å²) in [6.45, 7) is 4.03. The first-order valence-corrected chi connectivity index (χ1v) is 11.3. The molecule has 2 aromatic carbocycles. The zero-order valence-electron chi connectivity index (χ0n) is 18.7. The van der Waals surface area contributed by atoms with Crippen LogP contribution in [-0.2, 0) is 9.59 Å². The molecule has 2 N–H and O–H groups in total. The van der Waals surface area contributed by atoms with Crippen LogP contribution >= 0.6 is 0 Å². The van der Waals surface area contributed by atoms with Crippen molar-refractivity contribution in [3.63, 3.8) is 0 Å². The van der Waals surface area contributed by atoms with Gasteiger partial charge in [-0.25, -0.2) is 9.40 Å². The molecule has 0 radical (unpaired) electrons. The molecule has 7 nitrogen and oxygen atoms in total. The fourth-order valence-corrected chi connectivity index (χ4v) is 4.41. The molecule has 174 valence electrons. The van der Waals surface area contributed by atoms with Gasteiger partial charge in [-0.05, 0) is 68.2 Å². The van der Waals surface area contributed by atoms with Gasteiger partial charge in [-0.2, -0.15) is 5.10 Å². The molecule has 4 rings (SSSR count). The zero-order valence-corrected chi connectivity index (χ0v) is 18.7. The summed E-state index contributed by atoms with van der Waals surface area (Å²) in [7, 11) is 0. The number of likely N-dealkylation sites (tertiary alicyclic amines) is 1. The number of carbonyl (C=O) groups excluding carboxylic acids is 2. The molecule has 1 atom stereocenters. The van der Waals surface area contributed by atoms with Crippen molar-refractivity contribution in [1.82, 2.24) is 9.91 Å². The Morgan fingerprint density at radius 3 is 2.36 bits per heavy atom. The summed E-state index contributed by atoms with van der Waals surface area (Å²) in [5.41, 5.74) is 7.92. The van der Waals surface area contributed by atoms with E-state index in [1.807, 2.05) is 36.1 Å². The number of primary amides is 1. The van der Waals surface area contributed by atoms with Crippen molar-refractivity contribution in [3.05, 3.63) is 65.5 Å². The maximum absolute atomic E-state index is 13.4. The van der Waals surface area contributed by atoms with Crippen LogP contribution < -0.4 is 10.5 Å². The second kappa shape index (κ2) is 10.1. The first kappa shape index (κ1) is 22.9. The van der Waals surface area contributed by atoms with Gasteiger partial charge in [-0.15, -0.1) is 0 Å². The van der Waals surface area contributed by atoms with Crippen LogP contribution in [0.1, 0.15) is 43.4 Å². The molecular weight excluding hydrogens is 423 g/mol. The summed E-state index contributed by atoms with van der Waals surface area (Å²) < 4.78 is 18.9. The van der Waals surface area contributed by atoms with Gasteiger partial charge in [-0.1, -0.05) is 24.3 Å². The molecule has 2 aliphatic rings. The van der Waals surface area contributed by atoms with E-state index in [1.54, 1.807) is 17.1 Å². The van der Waals surface area contributed by atoms with Crippen LogP contribution in [0.4, 0.5) is 4.39 Å². The van der Waals surface area contributed by atoms with E-state index in [9.17, 15) is 14.0 Å². The highest BCUT2D eigenvalue weighted by molar-refractivity contribution is 6.03. The SMILES string of the molecule is CCOc1ccc([C@@H]2CC(c3ccc(F)cc3)=NN2C(=O)CN2CCC(C(N)=O)CC2)cc1. The van der Waals surface area contributed by atoms with Crippen LogP contribution in [0.25, 0.3) is 0 Å². The Morgan fingerprint density at radius 1 is 1.09 bits per heavy atom. The van der Waals surface area contributed by atoms with Gasteiger partial charge < -0.3 is 10.5 Å². The molecule has 0 bridgehead atoms. The highest BCUT2D eigenvalue weighted by Crippen LogP contribution is 2.34. The van der Waals surface area contributed by atoms with Gasteiger partial charge in [0.2, 0.25) is 5.91 Å². The number of benzene rings is 2. The summed E-state index contributed by atoms with van der Waals surface area (Å²) in [5.74, 6) is -0.0437. The molecule has 0 spiro atoms. The molecule has 33 heavy (non-hydrogen) atoms. The zero-order chi connectivity index (χ0) is 23.4. The lowest BCUT2D eigenvalue weighted by Crippen LogP contribution is -2.43. The summed E-state index contributed by atoms with van der Waals surface area (Å²) in [4.78, 5) is 26.8. The maximum Gasteiger partial charge on any atom is 0.257 e. The molecule has 2 aliphatic heterocycles. The van der Waals surface area contributed by atoms with Gasteiger partial charge in [-0.3, -0.25) is 14.5 Å². The number of carbonyl (C=O) groups is 2. The van der Waals surface area contributed by atoms with Crippen LogP contribution in [0.15, 0.2) is 53.6 Å². The first-order chi connectivity index (χ1) is 15.9. The highest BCUT2D eigenvalue weighted by atomic mass is 19.1. The number of hydrazone groups is 1. The van der Waals surface area contributed by atoms with Gasteiger partial charge in [0.1, 0.15) is 11.6 Å². The second-order valence-corrected chi connectivity index (χ2v) is 8.47. The van der Waals surface area contributed by atoms with E-state index in [1.165, 1.54) is 12.1 Å². The molecule has 8 heteroatoms. The smallest absolute Gasteiger partial charge is 0.257 e. The number of halogens is 1. The second-order valence-electron chi connectivity index (χ2n) is 8.47. The third kappa shape index (κ3) is 5.39. The van der Waals surface area contributed by atoms with Gasteiger partial charge in [0.15, 0.2) is 0 Å². The lowest BCUT2D eigenvalue weighted by molar-refractivity contribution is -0.134. The first-order valence-electron chi connectivity index (χ1n) is 11.3. The Morgan fingerprint density at radius 2 is 1.76 bits per heavy atom. The number of nitrogens with zero attached hydrogens (tertiary/aromatic N) is 3. The van der Waals surface area contributed by atoms with Crippen molar-refractivity contribution in [2.75, 3.05) is 26.2 Å². The number of hydrogen-bond donors (Lipinski definition) is 1. The van der Waals surface area contributed by atoms with Crippen molar-refractivity contribution in [3.8, 4) is 5.75 Å². The predicted octanol–water partition coefficient (Wildman–Crippen LogP) is 3.10. The van der Waals surface area contributed by atoms with Gasteiger partial charge in [0, 0.05) is 12.3 Å². The van der Waals surface area contributed by atoms with Gasteiger partial charge >= 0.3 is 0 Å². The minimum absolute atomic E-state index is 0.108. The minimum Gasteiger partial charge on any atom is -0.494 e. The minimum atomic E-state index is -0.312. The van der Waals surface area contributed by atoms with E-state index in [-0.39, 0.29) is 36.1 Å². The Hall–Kier alpha value is -3.26. The molecule has 0 aliphatic carbocycles. The van der Waals surface area contributed by atoms with E-state index in [4.69, 9.17) is 10.5 Å². The molecule has 1 saturated heterocycles. The average Bonchev–Trinajstić information content (AvgIpc) is 3.26. The monoisotopic (exact) mass is 452 g/mol. The Labute approximate surface area is 193 Å². The Balaban J connectivity index is 1.53. The summed E-state index contributed by atoms with van der Waals surface area (Å²) >= 11 is 0. The van der Waals surface area contributed by atoms with Crippen molar-refractivity contribution >= 4 is 17.5 Å². The van der Waals surface area contributed by atoms with Crippen LogP contribution in [-0.4, -0.2) is 53.7 Å². The fourth-order valence-electron chi connectivity index (χ4n) is 4.41. The van der Waals surface area contributed by atoms with Crippen LogP contribution in [0.2, 0.25) is 0 Å². The Kier molecular flexibility index (Phi) is 7.03. The molecule has 2 heterocycles. The van der Waals surface area contributed by atoms with Crippen molar-refractivity contribution in [2.45, 2.75) is 32.2 Å². The van der Waals surface area contributed by atoms with Gasteiger partial charge in [0.05, 0.1) is 24.9 Å². The number of piperidine rings is 1. The molecule has 2 amide bonds. The Bertz CT molecular complexity index is 1010. The molecule has 0 aromatic heterocycles. The quantitative estimate of drug-likeness (QED) is 0.699. The molecule has 0 saturated carbocycles. The van der Waals surface area contributed by atoms with E-state index in [2.05, 4.69) is 5.10 Å². The van der Waals surface area contributed by atoms with Crippen molar-refractivity contribution < 1.29 is 18.7 Å². The number of rotatable bonds is 7. The molecular formula is C25H29FN4O3. The van der Waals surface area contributed by atoms with Crippen molar-refractivity contribution in [1.29, 1.82) is 0 Å². The summed E-state index contributed by atoms with van der Waals surface area (Å²) in [6, 6.07) is 13.6. The number of nitrogens with two attached hydrogens (primary N) is 1. The topological polar surface area (TPSA) is 88.2 Å². The van der Waals surface area contributed by atoms with Crippen LogP contribution in [0.5, 0.6) is 5.75 Å². The highest BCUT2D eigenvalue weighted by Gasteiger charge is 2.34. The standard InChI is InChI=1S/C25H29FN4O3/c1-2-33-21-9-5-18(6-10-21)23-15-22(17-3-7-20(26)8-4-17)28-30(23)24(31)16-29-13-11-19(12-14-29)25(27)32/h3-10,19,23H,2,11-16H2,1H3,(H2,27,32)/t23-/m0/s1. The van der Waals surface area contributed by atoms with E-state index < -0.39 is 0 Å². The van der Waals surface area contributed by atoms with E-state index in [0.29, 0.717) is 39.0 Å². The van der Waals surface area contributed by atoms with Gasteiger partial charge in [0.25, 0.3) is 5.91 Å². The summed E-state index contributed by atoms with van der Waals surface area (Å²) in [6.07, 6.45) is 1.86. The summed E-state index contributed by atoms with van der Waals surface area (Å²) in [5, 5.41) is 6.21. The molecule has 2 aromatic rings. The van der Waals surface area contributed by atoms with Crippen LogP contribution in [0.3, 0.4) is 0 Å². The molecule has 0 unspecified atom stereocenters. The largest absolute Gasteiger partial charge is 0.494 e. The van der Waals surface area contributed by atoms with Crippen LogP contribution in [0, 0.1) is 11.7 Å². The number of ether oxygens (including phenoxy) is 1. The predicted molar refractivity (Wildman–Crippen MR) is 123 cm³/mol. The van der Waals surface area contributed by atoms with E-state index in [0.717, 1.165) is 22.6 Å². The lowest BCUT2D eigenvalue weighted by Gasteiger charge is -2.31. The average molecular weight is 453 g/mol. The third-order valence-electron chi connectivity index (χ3n) is 6.27. The van der Waals surface area contributed by atoms with Crippen molar-refractivity contribution in [2.24, 2.45) is 16.8 Å². The van der Waals surface area contributed by atoms with E-state index >= 15 is 0 Å². The number of hydrogen-bond acceptors (Lipinski definition) is 5. The maximum atomic E-state index is 13.4. The third-order valence-corrected chi connectivity index (χ3v) is 6.27. The number of amides is 2. The molecule has 1 fully saturated rings. The normalized spacial score (nSPS) is 19.4. The fraction of sp³-hybridized carbons (Fsp3) is 0.400.